The third kappa shape index (κ3) is 5.38. The van der Waals surface area contributed by atoms with Crippen LogP contribution in [0.3, 0.4) is 0 Å². The summed E-state index contributed by atoms with van der Waals surface area (Å²) in [5.41, 5.74) is 0.848. The fraction of sp³-hybridized carbons (Fsp3) is 0.308. The Balaban J connectivity index is 2.58. The number of nitrogens with one attached hydrogen (secondary N) is 1. The smallest absolute Gasteiger partial charge is 0.438 e. The van der Waals surface area contributed by atoms with Crippen LogP contribution in [-0.2, 0) is 30.3 Å². The summed E-state index contributed by atoms with van der Waals surface area (Å²) in [5, 5.41) is 2.48. The number of benzene rings is 1. The number of amides is 1. The van der Waals surface area contributed by atoms with Crippen molar-refractivity contribution < 1.29 is 28.6 Å². The zero-order chi connectivity index (χ0) is 15.0. The molecule has 108 valence electrons. The van der Waals surface area contributed by atoms with E-state index in [2.05, 4.69) is 19.5 Å². The van der Waals surface area contributed by atoms with Crippen molar-refractivity contribution in [3.63, 3.8) is 0 Å². The van der Waals surface area contributed by atoms with Crippen LogP contribution >= 0.6 is 0 Å². The van der Waals surface area contributed by atoms with E-state index in [1.807, 2.05) is 30.3 Å². The second kappa shape index (κ2) is 7.78. The highest BCUT2D eigenvalue weighted by Gasteiger charge is 2.26. The van der Waals surface area contributed by atoms with Crippen molar-refractivity contribution in [3.8, 4) is 0 Å². The van der Waals surface area contributed by atoms with Crippen LogP contribution in [-0.4, -0.2) is 31.4 Å². The molecule has 1 rings (SSSR count). The van der Waals surface area contributed by atoms with Crippen molar-refractivity contribution >= 4 is 18.0 Å². The molecule has 7 heteroatoms. The van der Waals surface area contributed by atoms with Crippen LogP contribution in [0.2, 0.25) is 0 Å². The molecule has 0 saturated carbocycles. The number of ether oxygens (including phenoxy) is 3. The highest BCUT2D eigenvalue weighted by Crippen LogP contribution is 2.01. The molecule has 0 spiro atoms. The summed E-state index contributed by atoms with van der Waals surface area (Å²) in [6, 6.07) is 9.09. The number of carbonyl (C=O) groups excluding carboxylic acids is 3. The first-order valence-electron chi connectivity index (χ1n) is 5.76. The van der Waals surface area contributed by atoms with Crippen LogP contribution in [0.1, 0.15) is 12.5 Å². The van der Waals surface area contributed by atoms with Crippen LogP contribution < -0.4 is 5.32 Å². The molecule has 0 radical (unpaired) electrons. The molecule has 7 nitrogen and oxygen atoms in total. The standard InChI is InChI=1S/C13H15NO6/c1-9(15)19-12(20-13(17)18-2)11(16)14-8-10-6-4-3-5-7-10/h3-7,12H,8H2,1-2H3,(H,14,16). The quantitative estimate of drug-likeness (QED) is 0.639. The summed E-state index contributed by atoms with van der Waals surface area (Å²) in [6.45, 7) is 1.31. The highest BCUT2D eigenvalue weighted by molar-refractivity contribution is 5.83. The molecule has 1 N–H and O–H groups in total. The van der Waals surface area contributed by atoms with Crippen LogP contribution in [0, 0.1) is 0 Å². The lowest BCUT2D eigenvalue weighted by molar-refractivity contribution is -0.177. The minimum Gasteiger partial charge on any atom is -0.438 e. The van der Waals surface area contributed by atoms with Gasteiger partial charge in [-0.3, -0.25) is 9.59 Å². The predicted octanol–water partition coefficient (Wildman–Crippen LogP) is 0.975. The summed E-state index contributed by atoms with van der Waals surface area (Å²) in [5.74, 6) is -1.51. The Morgan fingerprint density at radius 2 is 1.80 bits per heavy atom. The Morgan fingerprint density at radius 1 is 1.15 bits per heavy atom. The summed E-state index contributed by atoms with van der Waals surface area (Å²) in [7, 11) is 1.08. The molecule has 1 amide bonds. The normalized spacial score (nSPS) is 11.1. The molecular formula is C13H15NO6. The van der Waals surface area contributed by atoms with Crippen LogP contribution in [0.4, 0.5) is 4.79 Å². The van der Waals surface area contributed by atoms with Crippen molar-refractivity contribution in [2.24, 2.45) is 0 Å². The average molecular weight is 281 g/mol. The molecule has 1 unspecified atom stereocenters. The van der Waals surface area contributed by atoms with E-state index in [1.54, 1.807) is 0 Å². The van der Waals surface area contributed by atoms with E-state index in [0.29, 0.717) is 0 Å². The fourth-order valence-corrected chi connectivity index (χ4v) is 1.29. The molecular weight excluding hydrogens is 266 g/mol. The van der Waals surface area contributed by atoms with Gasteiger partial charge in [-0.2, -0.15) is 0 Å². The molecule has 0 fully saturated rings. The number of hydrogen-bond donors (Lipinski definition) is 1. The van der Waals surface area contributed by atoms with Crippen LogP contribution in [0.5, 0.6) is 0 Å². The van der Waals surface area contributed by atoms with Crippen LogP contribution in [0.15, 0.2) is 30.3 Å². The van der Waals surface area contributed by atoms with E-state index in [4.69, 9.17) is 0 Å². The van der Waals surface area contributed by atoms with Gasteiger partial charge in [-0.05, 0) is 5.56 Å². The molecule has 1 atom stereocenters. The summed E-state index contributed by atoms with van der Waals surface area (Å²) in [4.78, 5) is 33.6. The van der Waals surface area contributed by atoms with Crippen molar-refractivity contribution in [3.05, 3.63) is 35.9 Å². The Bertz CT molecular complexity index is 473. The van der Waals surface area contributed by atoms with Crippen molar-refractivity contribution in [1.82, 2.24) is 5.32 Å². The molecule has 0 bridgehead atoms. The van der Waals surface area contributed by atoms with Crippen molar-refractivity contribution in [2.75, 3.05) is 7.11 Å². The SMILES string of the molecule is COC(=O)OC(OC(C)=O)C(=O)NCc1ccccc1. The maximum Gasteiger partial charge on any atom is 0.511 e. The van der Waals surface area contributed by atoms with Gasteiger partial charge in [-0.25, -0.2) is 4.79 Å². The largest absolute Gasteiger partial charge is 0.511 e. The molecule has 0 heterocycles. The van der Waals surface area contributed by atoms with Gasteiger partial charge < -0.3 is 19.5 Å². The second-order valence-corrected chi connectivity index (χ2v) is 3.72. The maximum atomic E-state index is 11.8. The van der Waals surface area contributed by atoms with Crippen molar-refractivity contribution in [1.29, 1.82) is 0 Å². The lowest BCUT2D eigenvalue weighted by Gasteiger charge is -2.16. The lowest BCUT2D eigenvalue weighted by Crippen LogP contribution is -2.40. The first-order valence-corrected chi connectivity index (χ1v) is 5.76. The van der Waals surface area contributed by atoms with E-state index >= 15 is 0 Å². The van der Waals surface area contributed by atoms with E-state index in [1.165, 1.54) is 0 Å². The van der Waals surface area contributed by atoms with E-state index in [9.17, 15) is 14.4 Å². The van der Waals surface area contributed by atoms with Gasteiger partial charge >= 0.3 is 24.3 Å². The topological polar surface area (TPSA) is 90.9 Å². The number of rotatable bonds is 5. The molecule has 1 aromatic rings. The molecule has 1 aromatic carbocycles. The monoisotopic (exact) mass is 281 g/mol. The lowest BCUT2D eigenvalue weighted by atomic mass is 10.2. The second-order valence-electron chi connectivity index (χ2n) is 3.72. The van der Waals surface area contributed by atoms with Gasteiger partial charge in [0.1, 0.15) is 0 Å². The Hall–Kier alpha value is -2.57. The molecule has 20 heavy (non-hydrogen) atoms. The first-order chi connectivity index (χ1) is 9.52. The number of esters is 1. The summed E-state index contributed by atoms with van der Waals surface area (Å²) < 4.78 is 13.4. The summed E-state index contributed by atoms with van der Waals surface area (Å²) in [6.07, 6.45) is -2.80. The van der Waals surface area contributed by atoms with Gasteiger partial charge in [0, 0.05) is 13.5 Å². The molecule has 0 aromatic heterocycles. The highest BCUT2D eigenvalue weighted by atomic mass is 16.8. The number of methoxy groups -OCH3 is 1. The van der Waals surface area contributed by atoms with Gasteiger partial charge in [0.2, 0.25) is 0 Å². The fourth-order valence-electron chi connectivity index (χ4n) is 1.29. The summed E-state index contributed by atoms with van der Waals surface area (Å²) >= 11 is 0. The van der Waals surface area contributed by atoms with Crippen molar-refractivity contribution in [2.45, 2.75) is 19.8 Å². The van der Waals surface area contributed by atoms with Gasteiger partial charge in [-0.1, -0.05) is 30.3 Å². The third-order valence-corrected chi connectivity index (χ3v) is 2.17. The Labute approximate surface area is 115 Å². The number of carbonyl (C=O) groups is 3. The third-order valence-electron chi connectivity index (χ3n) is 2.17. The van der Waals surface area contributed by atoms with E-state index < -0.39 is 24.3 Å². The number of hydrogen-bond acceptors (Lipinski definition) is 6. The molecule has 0 aliphatic rings. The minimum atomic E-state index is -1.68. The minimum absolute atomic E-state index is 0.210. The van der Waals surface area contributed by atoms with Gasteiger partial charge in [0.25, 0.3) is 0 Å². The maximum absolute atomic E-state index is 11.8. The molecule has 0 aliphatic heterocycles. The zero-order valence-corrected chi connectivity index (χ0v) is 11.1. The molecule has 0 saturated heterocycles. The first kappa shape index (κ1) is 15.5. The predicted molar refractivity (Wildman–Crippen MR) is 67.3 cm³/mol. The van der Waals surface area contributed by atoms with E-state index in [0.717, 1.165) is 19.6 Å². The van der Waals surface area contributed by atoms with Gasteiger partial charge in [0.05, 0.1) is 7.11 Å². The Kier molecular flexibility index (Phi) is 6.02. The zero-order valence-electron chi connectivity index (χ0n) is 11.1. The average Bonchev–Trinajstić information content (AvgIpc) is 2.44. The molecule has 0 aliphatic carbocycles. The van der Waals surface area contributed by atoms with Gasteiger partial charge in [-0.15, -0.1) is 0 Å². The van der Waals surface area contributed by atoms with E-state index in [-0.39, 0.29) is 6.54 Å². The van der Waals surface area contributed by atoms with Gasteiger partial charge in [0.15, 0.2) is 0 Å². The Morgan fingerprint density at radius 3 is 2.35 bits per heavy atom. The van der Waals surface area contributed by atoms with Crippen LogP contribution in [0.25, 0.3) is 0 Å².